The van der Waals surface area contributed by atoms with Crippen molar-refractivity contribution in [3.8, 4) is 0 Å². The van der Waals surface area contributed by atoms with Gasteiger partial charge < -0.3 is 39.1 Å². The topological polar surface area (TPSA) is 1000 Å². The molecule has 4 saturated heterocycles. The molecule has 0 unspecified atom stereocenters. The molecule has 0 aromatic heterocycles. The van der Waals surface area contributed by atoms with Gasteiger partial charge in [-0.05, 0) is 61.4 Å². The minimum Gasteiger partial charge on any atom is -0.356 e. The maximum Gasteiger partial charge on any atom is 0.397 e. The Morgan fingerprint density at radius 1 is 0.246 bits per heavy atom. The van der Waals surface area contributed by atoms with Crippen LogP contribution in [0.25, 0.3) is 0 Å². The molecule has 2 aromatic rings. The van der Waals surface area contributed by atoms with E-state index in [-0.39, 0.29) is 471 Å². The Hall–Kier alpha value is 10.0. The fourth-order valence-electron chi connectivity index (χ4n) is 10.7. The molecule has 0 aliphatic carbocycles. The molecule has 66 nitrogen and oxygen atoms in total. The number of carbonyl (C=O) groups excluding carboxylic acids is 2. The van der Waals surface area contributed by atoms with E-state index in [2.05, 4.69) is 69.2 Å². The number of rotatable bonds is 47. The molecule has 96 heteroatoms. The Labute approximate surface area is 1100 Å². The fraction of sp³-hybridized carbons (Fsp3) is 0.667. The summed E-state index contributed by atoms with van der Waals surface area (Å²) in [5, 5.41) is 4.80. The maximum atomic E-state index is 13.1. The molecule has 6 rings (SSSR count). The average Bonchev–Trinajstić information content (AvgIpc) is 0.755. The summed E-state index contributed by atoms with van der Waals surface area (Å²) < 4.78 is 568. The van der Waals surface area contributed by atoms with Crippen LogP contribution in [0.15, 0.2) is 58.3 Å². The minimum atomic E-state index is -6.29. The third-order valence-electron chi connectivity index (χ3n) is 14.6. The summed E-state index contributed by atoms with van der Waals surface area (Å²) in [5.74, 6) is -1.62. The van der Waals surface area contributed by atoms with Gasteiger partial charge in [0, 0.05) is 448 Å². The number of hydrogen-bond acceptors (Lipinski definition) is 52. The van der Waals surface area contributed by atoms with E-state index in [1.54, 1.807) is 0 Å². The first-order valence-corrected chi connectivity index (χ1v) is 51.9. The summed E-state index contributed by atoms with van der Waals surface area (Å²) in [7, 11) is -85.3. The Kier molecular flexibility index (Phi) is 83.7. The normalized spacial score (nSPS) is 25.6. The largest absolute Gasteiger partial charge is 0.397 e. The maximum absolute atomic E-state index is 13.1. The van der Waals surface area contributed by atoms with Crippen LogP contribution in [0.3, 0.4) is 0 Å². The summed E-state index contributed by atoms with van der Waals surface area (Å²) in [6, 6.07) is 8.28. The molecule has 0 saturated carbocycles. The molecule has 4 fully saturated rings. The molecule has 14 radical (unpaired) electrons. The number of amides is 2. The van der Waals surface area contributed by atoms with Crippen LogP contribution in [0, 0.1) is 0 Å². The van der Waals surface area contributed by atoms with Crippen molar-refractivity contribution in [2.75, 3.05) is 37.1 Å². The van der Waals surface area contributed by atoms with Crippen molar-refractivity contribution in [3.63, 3.8) is 0 Å². The van der Waals surface area contributed by atoms with E-state index in [0.29, 0.717) is 0 Å². The van der Waals surface area contributed by atoms with Crippen molar-refractivity contribution in [2.24, 2.45) is 0 Å². The number of benzene rings is 2. The molecule has 732 valence electrons. The molecule has 20 atom stereocenters. The first-order chi connectivity index (χ1) is 55.9. The fourth-order valence-corrected chi connectivity index (χ4v) is 19.3. The number of unbranched alkanes of at least 4 members (excludes halogenated alkanes) is 1. The molecule has 0 spiro atoms. The number of nitrogens with one attached hydrogen (secondary N) is 2. The average molecular weight is 2450 g/mol. The molecule has 4 aliphatic rings. The zero-order chi connectivity index (χ0) is 94.3. The zero-order valence-electron chi connectivity index (χ0n) is 73.0. The summed E-state index contributed by atoms with van der Waals surface area (Å²) in [6.45, 7) is -7.59. The molecule has 16 N–H and O–H groups in total. The van der Waals surface area contributed by atoms with Gasteiger partial charge in [0.2, 0.25) is 11.8 Å². The predicted octanol–water partition coefficient (Wildman–Crippen LogP) is -12.5. The van der Waals surface area contributed by atoms with Gasteiger partial charge in [0.1, 0.15) is 96.3 Å². The number of ether oxygens (including phenoxy) is 6. The standard InChI is InChI=1S/C42H60N2O64S16.14Na/c45-25(43-17-5-9-19(10-6-17)109-41-37(107-123(83,84)85)31(101-117(65,66)67)27(21(95-41)13-89-111(47,48)49)97-39-35(105-121(77,78)79)33(103-119(71,72)73)29(99-115(59,60)61)23(93-39)15-91-113(53,54)55)3-1-2-4-26(46)44-18-7-11-20(12-8-18)110-42-38(108-124(86,87)88)32(102-118(68,69)70)28(22(96-42)14-90-112(50,51)52)98-40-36(106-122(80,81)82)34(104-120(74,75)76)30(100-116(62,63)64)24(94-40)16-92-114(56,57)58;;;;;;;;;;;;;;/h5-12,21-24,27-42H,1-4,13-16H2,(H,43,45)(H,44,46)(H,47,48,49)(H,50,51,52)(H,53,54,55)(H,56,57,58)(H,59,60,61)(H,62,63,64)(H,65,66,67)(H,68,69,70)(H,71,72,73)(H,74,75,76)(H,77,78,79)(H,80,81,82)(H,83,84,85)(H,86,87,88);;;;;;;;;;;;;;/t21-,22-,23-,24-,27-,28-,29-,30-,31+,32+,33+,34+,35-,36-,37-,38-,39-,40-,41+,42+;;;;;;;;;;;;;;/m1............../s1. The second-order valence-electron chi connectivity index (χ2n) is 23.7. The smallest absolute Gasteiger partial charge is 0.356 e. The molecule has 0 bridgehead atoms. The molecular formula is C42H60N2Na14O64S16. The molecule has 2 aromatic carbocycles. The van der Waals surface area contributed by atoms with E-state index in [1.807, 2.05) is 0 Å². The van der Waals surface area contributed by atoms with Gasteiger partial charge in [0.15, 0.2) is 24.8 Å². The second kappa shape index (κ2) is 69.7. The number of hydrogen-bond donors (Lipinski definition) is 16. The van der Waals surface area contributed by atoms with Crippen LogP contribution < -0.4 is 10.6 Å². The molecule has 4 aliphatic heterocycles. The van der Waals surface area contributed by atoms with Gasteiger partial charge in [-0.1, -0.05) is 23.5 Å². The third kappa shape index (κ3) is 66.4. The molecular weight excluding hydrogens is 2390 g/mol. The van der Waals surface area contributed by atoms with E-state index in [9.17, 15) is 191 Å². The number of thioether (sulfide) groups is 2. The van der Waals surface area contributed by atoms with E-state index in [1.165, 1.54) is 0 Å². The first kappa shape index (κ1) is 166. The molecule has 138 heavy (non-hydrogen) atoms. The van der Waals surface area contributed by atoms with Gasteiger partial charge in [-0.2, -0.15) is 118 Å². The van der Waals surface area contributed by atoms with Crippen LogP contribution in [-0.2, 0) is 242 Å². The van der Waals surface area contributed by atoms with Gasteiger partial charge in [0.25, 0.3) is 0 Å². The third-order valence-corrected chi connectivity index (χ3v) is 23.3. The second-order valence-corrected chi connectivity index (χ2v) is 40.9. The van der Waals surface area contributed by atoms with E-state index in [0.717, 1.165) is 48.5 Å². The van der Waals surface area contributed by atoms with Gasteiger partial charge in [-0.25, -0.2) is 58.6 Å². The Balaban J connectivity index is -0.00000170. The first-order valence-electron chi connectivity index (χ1n) is 31.0. The predicted molar refractivity (Wildman–Crippen MR) is 459 cm³/mol. The van der Waals surface area contributed by atoms with Crippen molar-refractivity contribution < 1.29 is 278 Å². The zero-order valence-corrected chi connectivity index (χ0v) is 114. The Bertz CT molecular complexity index is 5520. The SMILES string of the molecule is O=C(CCCCC(=O)Nc1ccc(S[C@@H]2O[C@H](COS(=O)(=O)O)[C@@H](O[C@H]3O[C@H](COS(=O)(=O)O)[C@@H](OS(=O)(=O)O)[C@H](OS(=O)(=O)O)[C@H]3OS(=O)(=O)O)[C@H](OS(=O)(=O)O)[C@H]2OS(=O)(=O)O)cc1)Nc1ccc(S[C@@H]2O[C@H](COS(=O)(=O)O)[C@@H](O[C@H]3O[C@H](COS(=O)(=O)O)[C@@H](OS(=O)(=O)O)[C@H](OS(=O)(=O)O)[C@H]3OS(=O)(=O)O)[C@H](OS(=O)(=O)O)[C@H]2OS(=O)(=O)O)cc1.[Na].[Na].[Na].[Na].[Na].[Na].[Na].[Na].[Na].[Na].[Na].[Na].[Na].[Na]. The van der Waals surface area contributed by atoms with Gasteiger partial charge in [-0.3, -0.25) is 73.3 Å². The van der Waals surface area contributed by atoms with Gasteiger partial charge >= 0.3 is 146 Å². The van der Waals surface area contributed by atoms with Crippen molar-refractivity contribution in [3.05, 3.63) is 48.5 Å². The van der Waals surface area contributed by atoms with Gasteiger partial charge in [0.05, 0.1) is 26.4 Å². The van der Waals surface area contributed by atoms with Crippen LogP contribution >= 0.6 is 23.5 Å². The Morgan fingerprint density at radius 3 is 0.630 bits per heavy atom. The van der Waals surface area contributed by atoms with Crippen LogP contribution in [-0.4, -0.2) is 755 Å². The van der Waals surface area contributed by atoms with Crippen molar-refractivity contribution >= 4 is 606 Å². The van der Waals surface area contributed by atoms with E-state index >= 15 is 0 Å². The summed E-state index contributed by atoms with van der Waals surface area (Å²) in [4.78, 5) is 25.7. The molecule has 2 amide bonds. The minimum absolute atomic E-state index is 0. The van der Waals surface area contributed by atoms with E-state index in [4.69, 9.17) is 28.4 Å². The summed E-state index contributed by atoms with van der Waals surface area (Å²) in [5.41, 5.74) is -5.07. The van der Waals surface area contributed by atoms with Crippen LogP contribution in [0.1, 0.15) is 25.7 Å². The van der Waals surface area contributed by atoms with Crippen LogP contribution in [0.2, 0.25) is 0 Å². The monoisotopic (exact) mass is 2450 g/mol. The molecule has 4 heterocycles. The van der Waals surface area contributed by atoms with Crippen LogP contribution in [0.5, 0.6) is 0 Å². The van der Waals surface area contributed by atoms with Gasteiger partial charge in [-0.15, -0.1) is 0 Å². The van der Waals surface area contributed by atoms with Crippen molar-refractivity contribution in [2.45, 2.75) is 157 Å². The quantitative estimate of drug-likeness (QED) is 0.0166. The number of anilines is 2. The Morgan fingerprint density at radius 2 is 0.428 bits per heavy atom. The van der Waals surface area contributed by atoms with Crippen LogP contribution in [0.4, 0.5) is 11.4 Å². The van der Waals surface area contributed by atoms with Crippen molar-refractivity contribution in [1.29, 1.82) is 0 Å². The summed E-state index contributed by atoms with van der Waals surface area (Å²) in [6.07, 6.45) is -57.5. The van der Waals surface area contributed by atoms with E-state index < -0.39 is 318 Å². The summed E-state index contributed by atoms with van der Waals surface area (Å²) >= 11 is 0.250. The number of carbonyl (C=O) groups is 2. The van der Waals surface area contributed by atoms with Crippen molar-refractivity contribution in [1.82, 2.24) is 0 Å².